The molecule has 3 heteroatoms. The van der Waals surface area contributed by atoms with Gasteiger partial charge in [-0.3, -0.25) is 0 Å². The molecule has 0 unspecified atom stereocenters. The van der Waals surface area contributed by atoms with Crippen LogP contribution in [0.5, 0.6) is 0 Å². The van der Waals surface area contributed by atoms with Gasteiger partial charge in [0.1, 0.15) is 0 Å². The summed E-state index contributed by atoms with van der Waals surface area (Å²) in [4.78, 5) is 9.98. The highest BCUT2D eigenvalue weighted by molar-refractivity contribution is 9.10. The van der Waals surface area contributed by atoms with Crippen LogP contribution in [0.3, 0.4) is 0 Å². The first-order valence-electron chi connectivity index (χ1n) is 10.9. The van der Waals surface area contributed by atoms with E-state index in [1.165, 1.54) is 21.5 Å². The maximum absolute atomic E-state index is 5.01. The summed E-state index contributed by atoms with van der Waals surface area (Å²) in [6.07, 6.45) is 0. The molecule has 0 aliphatic rings. The molecule has 6 aromatic rings. The van der Waals surface area contributed by atoms with Gasteiger partial charge in [0.2, 0.25) is 0 Å². The molecule has 1 aromatic heterocycles. The summed E-state index contributed by atoms with van der Waals surface area (Å²) in [5, 5.41) is 4.81. The van der Waals surface area contributed by atoms with Gasteiger partial charge in [-0.15, -0.1) is 0 Å². The Labute approximate surface area is 200 Å². The standard InChI is InChI=1S/C30H19BrN2/c31-27-15-13-22(14-16-27)28-19-29(25-11-9-20-5-1-3-7-23(20)17-25)33-30(32-28)26-12-10-21-6-2-4-8-24(21)18-26/h1-19H. The van der Waals surface area contributed by atoms with Gasteiger partial charge in [0.05, 0.1) is 11.4 Å². The lowest BCUT2D eigenvalue weighted by Crippen LogP contribution is -1.96. The quantitative estimate of drug-likeness (QED) is 0.250. The molecule has 0 amide bonds. The fourth-order valence-electron chi connectivity index (χ4n) is 4.17. The molecule has 0 saturated carbocycles. The molecule has 2 nitrogen and oxygen atoms in total. The number of aromatic nitrogens is 2. The van der Waals surface area contributed by atoms with Crippen molar-refractivity contribution in [1.29, 1.82) is 0 Å². The van der Waals surface area contributed by atoms with Crippen LogP contribution < -0.4 is 0 Å². The van der Waals surface area contributed by atoms with Crippen LogP contribution in [0.4, 0.5) is 0 Å². The number of benzene rings is 5. The lowest BCUT2D eigenvalue weighted by Gasteiger charge is -2.11. The normalized spacial score (nSPS) is 11.2. The van der Waals surface area contributed by atoms with Gasteiger partial charge in [-0.25, -0.2) is 9.97 Å². The highest BCUT2D eigenvalue weighted by Crippen LogP contribution is 2.31. The predicted octanol–water partition coefficient (Wildman–Crippen LogP) is 8.55. The van der Waals surface area contributed by atoms with E-state index < -0.39 is 0 Å². The Hall–Kier alpha value is -3.82. The third kappa shape index (κ3) is 3.92. The molecule has 0 atom stereocenters. The monoisotopic (exact) mass is 486 g/mol. The smallest absolute Gasteiger partial charge is 0.160 e. The van der Waals surface area contributed by atoms with Crippen LogP contribution in [-0.2, 0) is 0 Å². The first kappa shape index (κ1) is 19.8. The van der Waals surface area contributed by atoms with E-state index in [9.17, 15) is 0 Å². The van der Waals surface area contributed by atoms with Crippen molar-refractivity contribution in [3.8, 4) is 33.9 Å². The number of hydrogen-bond donors (Lipinski definition) is 0. The maximum atomic E-state index is 5.01. The topological polar surface area (TPSA) is 25.8 Å². The van der Waals surface area contributed by atoms with E-state index in [1.54, 1.807) is 0 Å². The molecule has 6 rings (SSSR count). The van der Waals surface area contributed by atoms with Crippen molar-refractivity contribution in [3.63, 3.8) is 0 Å². The molecule has 0 saturated heterocycles. The molecule has 0 fully saturated rings. The van der Waals surface area contributed by atoms with Crippen molar-refractivity contribution in [2.24, 2.45) is 0 Å². The average Bonchev–Trinajstić information content (AvgIpc) is 2.88. The maximum Gasteiger partial charge on any atom is 0.160 e. The Balaban J connectivity index is 1.56. The van der Waals surface area contributed by atoms with E-state index in [0.29, 0.717) is 0 Å². The summed E-state index contributed by atoms with van der Waals surface area (Å²) in [6, 6.07) is 40.0. The van der Waals surface area contributed by atoms with E-state index in [4.69, 9.17) is 9.97 Å². The summed E-state index contributed by atoms with van der Waals surface area (Å²) in [6.45, 7) is 0. The molecule has 156 valence electrons. The Morgan fingerprint density at radius 2 is 0.909 bits per heavy atom. The molecule has 1 heterocycles. The average molecular weight is 487 g/mol. The highest BCUT2D eigenvalue weighted by atomic mass is 79.9. The number of fused-ring (bicyclic) bond motifs is 2. The molecule has 0 aliphatic carbocycles. The van der Waals surface area contributed by atoms with Crippen molar-refractivity contribution >= 4 is 37.5 Å². The van der Waals surface area contributed by atoms with Crippen LogP contribution in [0, 0.1) is 0 Å². The molecule has 5 aromatic carbocycles. The molecule has 33 heavy (non-hydrogen) atoms. The zero-order valence-corrected chi connectivity index (χ0v) is 19.3. The van der Waals surface area contributed by atoms with E-state index in [0.717, 1.165) is 38.4 Å². The molecule has 0 spiro atoms. The van der Waals surface area contributed by atoms with Crippen LogP contribution in [0.2, 0.25) is 0 Å². The number of halogens is 1. The van der Waals surface area contributed by atoms with Gasteiger partial charge in [-0.1, -0.05) is 101 Å². The Morgan fingerprint density at radius 3 is 1.55 bits per heavy atom. The van der Waals surface area contributed by atoms with Crippen LogP contribution in [0.1, 0.15) is 0 Å². The summed E-state index contributed by atoms with van der Waals surface area (Å²) >= 11 is 3.53. The Kier molecular flexibility index (Phi) is 4.97. The fourth-order valence-corrected chi connectivity index (χ4v) is 4.43. The van der Waals surface area contributed by atoms with Gasteiger partial charge in [0.15, 0.2) is 5.82 Å². The third-order valence-electron chi connectivity index (χ3n) is 5.92. The number of rotatable bonds is 3. The minimum Gasteiger partial charge on any atom is -0.228 e. The van der Waals surface area contributed by atoms with Gasteiger partial charge >= 0.3 is 0 Å². The van der Waals surface area contributed by atoms with Gasteiger partial charge in [-0.2, -0.15) is 0 Å². The van der Waals surface area contributed by atoms with Gasteiger partial charge in [0.25, 0.3) is 0 Å². The van der Waals surface area contributed by atoms with Gasteiger partial charge in [-0.05, 0) is 51.9 Å². The first-order valence-corrected chi connectivity index (χ1v) is 11.7. The Morgan fingerprint density at radius 1 is 0.424 bits per heavy atom. The van der Waals surface area contributed by atoms with Crippen molar-refractivity contribution in [2.45, 2.75) is 0 Å². The van der Waals surface area contributed by atoms with Crippen molar-refractivity contribution in [2.75, 3.05) is 0 Å². The van der Waals surface area contributed by atoms with Crippen LogP contribution in [0.15, 0.2) is 120 Å². The zero-order chi connectivity index (χ0) is 22.2. The highest BCUT2D eigenvalue weighted by Gasteiger charge is 2.12. The fraction of sp³-hybridized carbons (Fsp3) is 0. The second-order valence-electron chi connectivity index (χ2n) is 8.09. The largest absolute Gasteiger partial charge is 0.228 e. The van der Waals surface area contributed by atoms with Crippen molar-refractivity contribution < 1.29 is 0 Å². The van der Waals surface area contributed by atoms with Gasteiger partial charge < -0.3 is 0 Å². The zero-order valence-electron chi connectivity index (χ0n) is 17.7. The van der Waals surface area contributed by atoms with Crippen LogP contribution >= 0.6 is 15.9 Å². The lowest BCUT2D eigenvalue weighted by molar-refractivity contribution is 1.18. The minimum atomic E-state index is 0.726. The van der Waals surface area contributed by atoms with Crippen molar-refractivity contribution in [1.82, 2.24) is 9.97 Å². The molecule has 0 aliphatic heterocycles. The molecular formula is C30H19BrN2. The lowest BCUT2D eigenvalue weighted by atomic mass is 10.0. The molecular weight excluding hydrogens is 468 g/mol. The molecule has 0 radical (unpaired) electrons. The van der Waals surface area contributed by atoms with E-state index in [-0.39, 0.29) is 0 Å². The Bertz CT molecular complexity index is 1520. The first-order chi connectivity index (χ1) is 16.2. The summed E-state index contributed by atoms with van der Waals surface area (Å²) in [7, 11) is 0. The van der Waals surface area contributed by atoms with Crippen LogP contribution in [0.25, 0.3) is 55.4 Å². The SMILES string of the molecule is Brc1ccc(-c2cc(-c3ccc4ccccc4c3)nc(-c3ccc4ccccc4c3)n2)cc1. The predicted molar refractivity (Wildman–Crippen MR) is 141 cm³/mol. The molecule has 0 N–H and O–H groups in total. The summed E-state index contributed by atoms with van der Waals surface area (Å²) in [5.74, 6) is 0.726. The van der Waals surface area contributed by atoms with E-state index in [2.05, 4.69) is 119 Å². The molecule has 0 bridgehead atoms. The van der Waals surface area contributed by atoms with E-state index in [1.807, 2.05) is 12.1 Å². The van der Waals surface area contributed by atoms with E-state index >= 15 is 0 Å². The van der Waals surface area contributed by atoms with Gasteiger partial charge in [0, 0.05) is 21.2 Å². The van der Waals surface area contributed by atoms with Crippen molar-refractivity contribution in [3.05, 3.63) is 120 Å². The second-order valence-corrected chi connectivity index (χ2v) is 9.01. The summed E-state index contributed by atoms with van der Waals surface area (Å²) < 4.78 is 1.05. The minimum absolute atomic E-state index is 0.726. The van der Waals surface area contributed by atoms with Crippen LogP contribution in [-0.4, -0.2) is 9.97 Å². The third-order valence-corrected chi connectivity index (χ3v) is 6.45. The number of nitrogens with zero attached hydrogens (tertiary/aromatic N) is 2. The summed E-state index contributed by atoms with van der Waals surface area (Å²) in [5.41, 5.74) is 4.97. The number of hydrogen-bond acceptors (Lipinski definition) is 2. The second kappa shape index (κ2) is 8.27.